The summed E-state index contributed by atoms with van der Waals surface area (Å²) in [6.07, 6.45) is 2.67. The first kappa shape index (κ1) is 10.3. The van der Waals surface area contributed by atoms with Crippen LogP contribution in [-0.2, 0) is 0 Å². The van der Waals surface area contributed by atoms with Gasteiger partial charge in [-0.05, 0) is 5.56 Å². The van der Waals surface area contributed by atoms with Crippen LogP contribution in [0.3, 0.4) is 0 Å². The van der Waals surface area contributed by atoms with E-state index in [4.69, 9.17) is 5.11 Å². The van der Waals surface area contributed by atoms with Crippen molar-refractivity contribution in [3.05, 3.63) is 42.0 Å². The SMILES string of the molecule is O=C(O)NNCC=Cc1ccccc1. The highest BCUT2D eigenvalue weighted by Crippen LogP contribution is 1.99. The molecular weight excluding hydrogens is 180 g/mol. The first-order valence-corrected chi connectivity index (χ1v) is 4.22. The Labute approximate surface area is 82.2 Å². The molecule has 4 nitrogen and oxygen atoms in total. The normalized spacial score (nSPS) is 10.3. The predicted molar refractivity (Wildman–Crippen MR) is 54.6 cm³/mol. The summed E-state index contributed by atoms with van der Waals surface area (Å²) in [7, 11) is 0. The minimum atomic E-state index is -1.09. The molecule has 1 amide bonds. The van der Waals surface area contributed by atoms with Crippen molar-refractivity contribution in [1.29, 1.82) is 0 Å². The van der Waals surface area contributed by atoms with Gasteiger partial charge in [0.05, 0.1) is 0 Å². The van der Waals surface area contributed by atoms with Crippen molar-refractivity contribution < 1.29 is 9.90 Å². The van der Waals surface area contributed by atoms with Gasteiger partial charge in [0, 0.05) is 6.54 Å². The van der Waals surface area contributed by atoms with Crippen molar-refractivity contribution in [2.75, 3.05) is 6.54 Å². The van der Waals surface area contributed by atoms with E-state index < -0.39 is 6.09 Å². The lowest BCUT2D eigenvalue weighted by molar-refractivity contribution is 0.190. The lowest BCUT2D eigenvalue weighted by Crippen LogP contribution is -2.36. The zero-order valence-electron chi connectivity index (χ0n) is 7.60. The van der Waals surface area contributed by atoms with Gasteiger partial charge < -0.3 is 5.11 Å². The zero-order valence-corrected chi connectivity index (χ0v) is 7.60. The summed E-state index contributed by atoms with van der Waals surface area (Å²) in [6, 6.07) is 9.79. The summed E-state index contributed by atoms with van der Waals surface area (Å²) >= 11 is 0. The average molecular weight is 192 g/mol. The highest BCUT2D eigenvalue weighted by Gasteiger charge is 1.88. The second kappa shape index (κ2) is 5.77. The molecule has 74 valence electrons. The van der Waals surface area contributed by atoms with E-state index in [1.807, 2.05) is 47.9 Å². The van der Waals surface area contributed by atoms with Crippen LogP contribution in [-0.4, -0.2) is 17.7 Å². The molecule has 0 aromatic heterocycles. The number of carboxylic acid groups (broad SMARTS) is 1. The molecular formula is C10H12N2O2. The Kier molecular flexibility index (Phi) is 4.23. The first-order chi connectivity index (χ1) is 6.79. The van der Waals surface area contributed by atoms with Crippen LogP contribution in [0, 0.1) is 0 Å². The number of rotatable bonds is 4. The number of amides is 1. The maximum Gasteiger partial charge on any atom is 0.419 e. The van der Waals surface area contributed by atoms with Crippen molar-refractivity contribution in [3.63, 3.8) is 0 Å². The van der Waals surface area contributed by atoms with Gasteiger partial charge in [-0.2, -0.15) is 0 Å². The maximum atomic E-state index is 10.0. The van der Waals surface area contributed by atoms with Crippen molar-refractivity contribution >= 4 is 12.2 Å². The molecule has 0 unspecified atom stereocenters. The highest BCUT2D eigenvalue weighted by molar-refractivity contribution is 5.63. The summed E-state index contributed by atoms with van der Waals surface area (Å²) in [4.78, 5) is 10.0. The van der Waals surface area contributed by atoms with Crippen LogP contribution in [0.1, 0.15) is 5.56 Å². The fourth-order valence-electron chi connectivity index (χ4n) is 0.945. The molecule has 0 radical (unpaired) electrons. The molecule has 1 aromatic carbocycles. The van der Waals surface area contributed by atoms with Crippen LogP contribution in [0.15, 0.2) is 36.4 Å². The van der Waals surface area contributed by atoms with Gasteiger partial charge in [0.15, 0.2) is 0 Å². The molecule has 0 aliphatic carbocycles. The standard InChI is InChI=1S/C10H12N2O2/c13-10(14)12-11-8-4-7-9-5-2-1-3-6-9/h1-7,11-12H,8H2,(H,13,14). The topological polar surface area (TPSA) is 61.4 Å². The van der Waals surface area contributed by atoms with Gasteiger partial charge in [0.25, 0.3) is 0 Å². The fourth-order valence-corrected chi connectivity index (χ4v) is 0.945. The van der Waals surface area contributed by atoms with Crippen LogP contribution >= 0.6 is 0 Å². The van der Waals surface area contributed by atoms with Gasteiger partial charge in [-0.3, -0.25) is 5.43 Å². The molecule has 0 aliphatic heterocycles. The number of hydrazine groups is 1. The minimum Gasteiger partial charge on any atom is -0.464 e. The van der Waals surface area contributed by atoms with Crippen molar-refractivity contribution in [1.82, 2.24) is 10.9 Å². The lowest BCUT2D eigenvalue weighted by Gasteiger charge is -1.98. The molecule has 0 bridgehead atoms. The fraction of sp³-hybridized carbons (Fsp3) is 0.100. The monoisotopic (exact) mass is 192 g/mol. The molecule has 1 rings (SSSR count). The van der Waals surface area contributed by atoms with E-state index in [1.54, 1.807) is 0 Å². The van der Waals surface area contributed by atoms with E-state index in [9.17, 15) is 4.79 Å². The van der Waals surface area contributed by atoms with E-state index in [0.717, 1.165) is 5.56 Å². The van der Waals surface area contributed by atoms with E-state index in [0.29, 0.717) is 6.54 Å². The van der Waals surface area contributed by atoms with Crippen LogP contribution in [0.5, 0.6) is 0 Å². The number of hydrogen-bond acceptors (Lipinski definition) is 2. The molecule has 0 saturated carbocycles. The van der Waals surface area contributed by atoms with Gasteiger partial charge in [-0.25, -0.2) is 10.2 Å². The van der Waals surface area contributed by atoms with Crippen LogP contribution in [0.2, 0.25) is 0 Å². The highest BCUT2D eigenvalue weighted by atomic mass is 16.4. The van der Waals surface area contributed by atoms with Crippen molar-refractivity contribution in [2.24, 2.45) is 0 Å². The van der Waals surface area contributed by atoms with Gasteiger partial charge in [0.1, 0.15) is 0 Å². The zero-order chi connectivity index (χ0) is 10.2. The van der Waals surface area contributed by atoms with Crippen molar-refractivity contribution in [2.45, 2.75) is 0 Å². The number of hydrogen-bond donors (Lipinski definition) is 3. The predicted octanol–water partition coefficient (Wildman–Crippen LogP) is 1.47. The molecule has 0 heterocycles. The van der Waals surface area contributed by atoms with E-state index in [1.165, 1.54) is 0 Å². The number of nitrogens with one attached hydrogen (secondary N) is 2. The first-order valence-electron chi connectivity index (χ1n) is 4.22. The molecule has 0 spiro atoms. The van der Waals surface area contributed by atoms with Crippen LogP contribution in [0.25, 0.3) is 6.08 Å². The van der Waals surface area contributed by atoms with Crippen LogP contribution in [0.4, 0.5) is 4.79 Å². The molecule has 0 aliphatic rings. The van der Waals surface area contributed by atoms with Gasteiger partial charge in [-0.1, -0.05) is 42.5 Å². The summed E-state index contributed by atoms with van der Waals surface area (Å²) in [6.45, 7) is 0.460. The maximum absolute atomic E-state index is 10.0. The summed E-state index contributed by atoms with van der Waals surface area (Å²) < 4.78 is 0. The third-order valence-electron chi connectivity index (χ3n) is 1.53. The molecule has 14 heavy (non-hydrogen) atoms. The Morgan fingerprint density at radius 3 is 2.71 bits per heavy atom. The molecule has 4 heteroatoms. The van der Waals surface area contributed by atoms with E-state index in [-0.39, 0.29) is 0 Å². The Hall–Kier alpha value is -1.81. The van der Waals surface area contributed by atoms with E-state index in [2.05, 4.69) is 5.43 Å². The molecule has 0 atom stereocenters. The minimum absolute atomic E-state index is 0.460. The summed E-state index contributed by atoms with van der Waals surface area (Å²) in [5.41, 5.74) is 5.65. The Balaban J connectivity index is 2.25. The smallest absolute Gasteiger partial charge is 0.419 e. The lowest BCUT2D eigenvalue weighted by atomic mass is 10.2. The Morgan fingerprint density at radius 2 is 2.07 bits per heavy atom. The molecule has 1 aromatic rings. The third-order valence-corrected chi connectivity index (χ3v) is 1.53. The number of carbonyl (C=O) groups is 1. The van der Waals surface area contributed by atoms with Gasteiger partial charge in [0.2, 0.25) is 0 Å². The quantitative estimate of drug-likeness (QED) is 0.500. The average Bonchev–Trinajstić information content (AvgIpc) is 2.18. The number of benzene rings is 1. The van der Waals surface area contributed by atoms with Crippen LogP contribution < -0.4 is 10.9 Å². The largest absolute Gasteiger partial charge is 0.464 e. The molecule has 0 saturated heterocycles. The Morgan fingerprint density at radius 1 is 1.36 bits per heavy atom. The van der Waals surface area contributed by atoms with E-state index >= 15 is 0 Å². The second-order valence-electron chi connectivity index (χ2n) is 2.62. The molecule has 3 N–H and O–H groups in total. The van der Waals surface area contributed by atoms with Gasteiger partial charge >= 0.3 is 6.09 Å². The van der Waals surface area contributed by atoms with Crippen molar-refractivity contribution in [3.8, 4) is 0 Å². The Bertz CT molecular complexity index is 309. The van der Waals surface area contributed by atoms with Gasteiger partial charge in [-0.15, -0.1) is 0 Å². The second-order valence-corrected chi connectivity index (χ2v) is 2.62. The summed E-state index contributed by atoms with van der Waals surface area (Å²) in [5.74, 6) is 0. The third kappa shape index (κ3) is 4.27. The summed E-state index contributed by atoms with van der Waals surface area (Å²) in [5, 5.41) is 8.23. The molecule has 0 fully saturated rings.